The van der Waals surface area contributed by atoms with Crippen LogP contribution in [0, 0.1) is 0 Å². The molecule has 0 aliphatic rings. The Kier molecular flexibility index (Phi) is 5.25. The molecule has 0 amide bonds. The highest BCUT2D eigenvalue weighted by Gasteiger charge is 2.14. The van der Waals surface area contributed by atoms with Gasteiger partial charge in [0.25, 0.3) is 0 Å². The second kappa shape index (κ2) is 9.62. The third-order valence-corrected chi connectivity index (χ3v) is 9.30. The molecule has 10 rings (SSSR count). The van der Waals surface area contributed by atoms with E-state index in [9.17, 15) is 0 Å². The molecule has 4 aromatic heterocycles. The topological polar surface area (TPSA) is 51.6 Å². The van der Waals surface area contributed by atoms with Crippen molar-refractivity contribution < 1.29 is 0 Å². The quantitative estimate of drug-likeness (QED) is 0.190. The molecule has 4 nitrogen and oxygen atoms in total. The van der Waals surface area contributed by atoms with E-state index < -0.39 is 0 Å². The van der Waals surface area contributed by atoms with Crippen LogP contribution in [0.5, 0.6) is 0 Å². The van der Waals surface area contributed by atoms with Crippen molar-refractivity contribution in [3.63, 3.8) is 0 Å². The molecule has 0 atom stereocenters. The fourth-order valence-electron chi connectivity index (χ4n) is 7.13. The van der Waals surface area contributed by atoms with Gasteiger partial charge in [0.1, 0.15) is 0 Å². The lowest BCUT2D eigenvalue weighted by Gasteiger charge is -2.12. The van der Waals surface area contributed by atoms with Gasteiger partial charge >= 0.3 is 0 Å². The molecule has 0 aliphatic heterocycles. The predicted molar refractivity (Wildman–Crippen MR) is 191 cm³/mol. The van der Waals surface area contributed by atoms with Crippen LogP contribution in [0.2, 0.25) is 0 Å². The maximum absolute atomic E-state index is 5.19. The number of aromatic nitrogens is 4. The van der Waals surface area contributed by atoms with Gasteiger partial charge in [-0.3, -0.25) is 9.97 Å². The first-order valence-electron chi connectivity index (χ1n) is 15.5. The van der Waals surface area contributed by atoms with Crippen molar-refractivity contribution in [1.82, 2.24) is 19.9 Å². The largest absolute Gasteiger partial charge is 0.254 e. The van der Waals surface area contributed by atoms with E-state index >= 15 is 0 Å². The van der Waals surface area contributed by atoms with Gasteiger partial charge in [-0.1, -0.05) is 84.9 Å². The van der Waals surface area contributed by atoms with Crippen LogP contribution in [0.15, 0.2) is 146 Å². The van der Waals surface area contributed by atoms with Gasteiger partial charge in [-0.25, -0.2) is 9.97 Å². The van der Waals surface area contributed by atoms with Gasteiger partial charge in [-0.15, -0.1) is 0 Å². The molecule has 0 bridgehead atoms. The highest BCUT2D eigenvalue weighted by Crippen LogP contribution is 2.37. The molecule has 212 valence electrons. The Morgan fingerprint density at radius 2 is 0.696 bits per heavy atom. The predicted octanol–water partition coefficient (Wildman–Crippen LogP) is 10.7. The normalized spacial score (nSPS) is 11.9. The Morgan fingerprint density at radius 1 is 0.304 bits per heavy atom. The summed E-state index contributed by atoms with van der Waals surface area (Å²) in [6.45, 7) is 0. The van der Waals surface area contributed by atoms with E-state index in [1.807, 2.05) is 24.5 Å². The number of fused-ring (bicyclic) bond motifs is 13. The van der Waals surface area contributed by atoms with Crippen LogP contribution in [-0.2, 0) is 0 Å². The summed E-state index contributed by atoms with van der Waals surface area (Å²) in [5, 5.41) is 11.6. The molecular weight excluding hydrogens is 560 g/mol. The molecule has 4 heteroatoms. The summed E-state index contributed by atoms with van der Waals surface area (Å²) in [6, 6.07) is 47.0. The van der Waals surface area contributed by atoms with Gasteiger partial charge in [0.2, 0.25) is 0 Å². The molecule has 0 spiro atoms. The Balaban J connectivity index is 1.09. The summed E-state index contributed by atoms with van der Waals surface area (Å²) in [4.78, 5) is 19.9. The lowest BCUT2D eigenvalue weighted by Crippen LogP contribution is -1.91. The molecule has 0 aliphatic carbocycles. The molecule has 10 aromatic rings. The Hall–Kier alpha value is -6.26. The lowest BCUT2D eigenvalue weighted by molar-refractivity contribution is 1.37. The minimum Gasteiger partial charge on any atom is -0.254 e. The molecule has 0 saturated heterocycles. The molecule has 6 aromatic carbocycles. The van der Waals surface area contributed by atoms with E-state index in [2.05, 4.69) is 121 Å². The van der Waals surface area contributed by atoms with E-state index in [1.165, 1.54) is 21.5 Å². The van der Waals surface area contributed by atoms with E-state index in [1.54, 1.807) is 0 Å². The third-order valence-electron chi connectivity index (χ3n) is 9.30. The summed E-state index contributed by atoms with van der Waals surface area (Å²) in [5.41, 5.74) is 7.75. The molecule has 4 heterocycles. The van der Waals surface area contributed by atoms with Crippen LogP contribution >= 0.6 is 0 Å². The van der Waals surface area contributed by atoms with Crippen molar-refractivity contribution in [3.8, 4) is 22.5 Å². The average Bonchev–Trinajstić information content (AvgIpc) is 3.14. The Morgan fingerprint density at radius 3 is 1.13 bits per heavy atom. The molecular formula is C42H24N4. The number of hydrogen-bond donors (Lipinski definition) is 0. The molecule has 0 N–H and O–H groups in total. The summed E-state index contributed by atoms with van der Waals surface area (Å²) in [5.74, 6) is 0. The zero-order valence-corrected chi connectivity index (χ0v) is 24.6. The first kappa shape index (κ1) is 25.1. The van der Waals surface area contributed by atoms with Crippen LogP contribution in [0.3, 0.4) is 0 Å². The van der Waals surface area contributed by atoms with Crippen LogP contribution in [-0.4, -0.2) is 19.9 Å². The number of hydrogen-bond acceptors (Lipinski definition) is 4. The molecule has 0 fully saturated rings. The summed E-state index contributed by atoms with van der Waals surface area (Å²) in [7, 11) is 0. The minimum atomic E-state index is 0.930. The monoisotopic (exact) mass is 584 g/mol. The van der Waals surface area contributed by atoms with Gasteiger partial charge in [0.05, 0.1) is 33.5 Å². The SMILES string of the molecule is c1ccc2c(c1)c1cccnc1c1nc(-c3ccc4cc(-c5ccc6c7ccccc7c7cccnc7c6n5)ccc4c3)ccc21. The Bertz CT molecular complexity index is 2610. The van der Waals surface area contributed by atoms with Crippen molar-refractivity contribution in [3.05, 3.63) is 146 Å². The molecule has 0 radical (unpaired) electrons. The van der Waals surface area contributed by atoms with Crippen LogP contribution in [0.4, 0.5) is 0 Å². The second-order valence-electron chi connectivity index (χ2n) is 11.9. The lowest BCUT2D eigenvalue weighted by atomic mass is 9.97. The number of pyridine rings is 4. The smallest absolute Gasteiger partial charge is 0.0978 e. The second-order valence-corrected chi connectivity index (χ2v) is 11.9. The summed E-state index contributed by atoms with van der Waals surface area (Å²) in [6.07, 6.45) is 3.70. The van der Waals surface area contributed by atoms with Crippen molar-refractivity contribution in [2.45, 2.75) is 0 Å². The van der Waals surface area contributed by atoms with Crippen molar-refractivity contribution in [1.29, 1.82) is 0 Å². The molecule has 46 heavy (non-hydrogen) atoms. The standard InChI is InChI=1S/C42H24N4/c1-3-9-31-29(7-1)33-11-5-21-43-39(33)41-35(31)17-19-37(45-41)27-15-13-26-24-28(16-14-25(26)23-27)38-20-18-36-32-10-4-2-8-30(32)34-12-6-22-44-40(34)42(36)46-38/h1-24H. The van der Waals surface area contributed by atoms with Gasteiger partial charge in [0, 0.05) is 45.1 Å². The Labute approximate surface area is 263 Å². The highest BCUT2D eigenvalue weighted by molar-refractivity contribution is 6.24. The van der Waals surface area contributed by atoms with E-state index in [4.69, 9.17) is 19.9 Å². The van der Waals surface area contributed by atoms with Crippen molar-refractivity contribution in [2.75, 3.05) is 0 Å². The first-order valence-corrected chi connectivity index (χ1v) is 15.5. The van der Waals surface area contributed by atoms with Crippen LogP contribution in [0.1, 0.15) is 0 Å². The van der Waals surface area contributed by atoms with Crippen molar-refractivity contribution in [2.24, 2.45) is 0 Å². The molecule has 0 saturated carbocycles. The molecule has 0 unspecified atom stereocenters. The summed E-state index contributed by atoms with van der Waals surface area (Å²) < 4.78 is 0. The number of nitrogens with zero attached hydrogens (tertiary/aromatic N) is 4. The van der Waals surface area contributed by atoms with Gasteiger partial charge in [0.15, 0.2) is 0 Å². The summed E-state index contributed by atoms with van der Waals surface area (Å²) >= 11 is 0. The third kappa shape index (κ3) is 3.67. The van der Waals surface area contributed by atoms with E-state index in [0.717, 1.165) is 76.9 Å². The van der Waals surface area contributed by atoms with Crippen LogP contribution < -0.4 is 0 Å². The number of rotatable bonds is 2. The zero-order valence-electron chi connectivity index (χ0n) is 24.6. The zero-order chi connectivity index (χ0) is 30.2. The maximum atomic E-state index is 5.19. The van der Waals surface area contributed by atoms with Gasteiger partial charge < -0.3 is 0 Å². The van der Waals surface area contributed by atoms with E-state index in [0.29, 0.717) is 0 Å². The van der Waals surface area contributed by atoms with Gasteiger partial charge in [-0.05, 0) is 80.8 Å². The maximum Gasteiger partial charge on any atom is 0.0978 e. The van der Waals surface area contributed by atoms with Crippen LogP contribution in [0.25, 0.3) is 98.4 Å². The first-order chi connectivity index (χ1) is 22.8. The fraction of sp³-hybridized carbons (Fsp3) is 0. The average molecular weight is 585 g/mol. The highest BCUT2D eigenvalue weighted by atomic mass is 14.8. The van der Waals surface area contributed by atoms with Gasteiger partial charge in [-0.2, -0.15) is 0 Å². The van der Waals surface area contributed by atoms with Crippen molar-refractivity contribution >= 4 is 75.9 Å². The fourth-order valence-corrected chi connectivity index (χ4v) is 7.13. The van der Waals surface area contributed by atoms with E-state index in [-0.39, 0.29) is 0 Å². The minimum absolute atomic E-state index is 0.930. The number of benzene rings is 6.